The summed E-state index contributed by atoms with van der Waals surface area (Å²) in [5.74, 6) is 0.563. The van der Waals surface area contributed by atoms with Crippen molar-refractivity contribution in [2.24, 2.45) is 5.92 Å². The van der Waals surface area contributed by atoms with Gasteiger partial charge in [-0.25, -0.2) is 8.42 Å². The molecule has 0 spiro atoms. The molecule has 1 unspecified atom stereocenters. The van der Waals surface area contributed by atoms with Crippen molar-refractivity contribution in [3.05, 3.63) is 35.7 Å². The Morgan fingerprint density at radius 2 is 2.08 bits per heavy atom. The van der Waals surface area contributed by atoms with Crippen LogP contribution in [0.2, 0.25) is 0 Å². The Morgan fingerprint density at radius 1 is 1.23 bits per heavy atom. The summed E-state index contributed by atoms with van der Waals surface area (Å²) in [5.41, 5.74) is 0. The van der Waals surface area contributed by atoms with Crippen molar-refractivity contribution in [1.29, 1.82) is 0 Å². The topological polar surface area (TPSA) is 82.1 Å². The third-order valence-electron chi connectivity index (χ3n) is 4.37. The van der Waals surface area contributed by atoms with Gasteiger partial charge >= 0.3 is 5.97 Å². The van der Waals surface area contributed by atoms with Gasteiger partial charge in [-0.2, -0.15) is 4.31 Å². The lowest BCUT2D eigenvalue weighted by Gasteiger charge is -2.30. The number of esters is 1. The van der Waals surface area contributed by atoms with Crippen LogP contribution in [0.3, 0.4) is 0 Å². The first-order valence-electron chi connectivity index (χ1n) is 8.19. The molecule has 1 fully saturated rings. The largest absolute Gasteiger partial charge is 0.454 e. The van der Waals surface area contributed by atoms with E-state index in [2.05, 4.69) is 0 Å². The number of hydrogen-bond donors (Lipinski definition) is 0. The van der Waals surface area contributed by atoms with Crippen molar-refractivity contribution in [1.82, 2.24) is 4.31 Å². The summed E-state index contributed by atoms with van der Waals surface area (Å²) in [6, 6.07) is 8.19. The van der Waals surface area contributed by atoms with Crippen LogP contribution in [0, 0.1) is 5.92 Å². The summed E-state index contributed by atoms with van der Waals surface area (Å²) in [6.07, 6.45) is 1.21. The van der Waals surface area contributed by atoms with E-state index in [0.29, 0.717) is 40.8 Å². The number of fused-ring (bicyclic) bond motifs is 1. The van der Waals surface area contributed by atoms with Gasteiger partial charge in [-0.05, 0) is 36.4 Å². The van der Waals surface area contributed by atoms with E-state index in [1.54, 1.807) is 35.7 Å². The lowest BCUT2D eigenvalue weighted by molar-refractivity contribution is -0.140. The first-order chi connectivity index (χ1) is 12.5. The Hall–Kier alpha value is -2.10. The molecule has 26 heavy (non-hydrogen) atoms. The van der Waals surface area contributed by atoms with Crippen LogP contribution in [0.15, 0.2) is 39.9 Å². The first-order valence-corrected chi connectivity index (χ1v) is 10.5. The van der Waals surface area contributed by atoms with Crippen LogP contribution in [0.25, 0.3) is 0 Å². The number of thiophene rings is 1. The summed E-state index contributed by atoms with van der Waals surface area (Å²) in [5, 5.41) is 1.72. The normalized spacial score (nSPS) is 20.1. The summed E-state index contributed by atoms with van der Waals surface area (Å²) >= 11 is 1.18. The summed E-state index contributed by atoms with van der Waals surface area (Å²) < 4.78 is 42.9. The highest BCUT2D eigenvalue weighted by molar-refractivity contribution is 7.91. The quantitative estimate of drug-likeness (QED) is 0.584. The van der Waals surface area contributed by atoms with Crippen LogP contribution in [-0.4, -0.2) is 38.6 Å². The fourth-order valence-corrected chi connectivity index (χ4v) is 5.70. The molecule has 0 aliphatic carbocycles. The Morgan fingerprint density at radius 3 is 2.88 bits per heavy atom. The maximum Gasteiger partial charge on any atom is 0.315 e. The van der Waals surface area contributed by atoms with E-state index in [-0.39, 0.29) is 13.3 Å². The minimum Gasteiger partial charge on any atom is -0.454 e. The van der Waals surface area contributed by atoms with Crippen molar-refractivity contribution >= 4 is 27.3 Å². The van der Waals surface area contributed by atoms with Gasteiger partial charge in [-0.1, -0.05) is 6.07 Å². The van der Waals surface area contributed by atoms with Gasteiger partial charge in [0.15, 0.2) is 11.5 Å². The van der Waals surface area contributed by atoms with Crippen LogP contribution in [-0.2, 0) is 14.8 Å². The van der Waals surface area contributed by atoms with Crippen molar-refractivity contribution in [3.63, 3.8) is 0 Å². The number of carbonyl (C=O) groups excluding carboxylic acids is 1. The number of ether oxygens (including phenoxy) is 3. The van der Waals surface area contributed by atoms with Gasteiger partial charge in [0.1, 0.15) is 9.96 Å². The zero-order valence-corrected chi connectivity index (χ0v) is 15.4. The minimum atomic E-state index is -3.56. The van der Waals surface area contributed by atoms with Gasteiger partial charge in [-0.3, -0.25) is 4.79 Å². The lowest BCUT2D eigenvalue weighted by atomic mass is 10.00. The molecule has 1 aromatic carbocycles. The molecule has 0 amide bonds. The molecule has 4 rings (SSSR count). The molecule has 0 saturated carbocycles. The van der Waals surface area contributed by atoms with Crippen molar-refractivity contribution in [2.45, 2.75) is 17.1 Å². The molecule has 7 nitrogen and oxygen atoms in total. The van der Waals surface area contributed by atoms with Crippen LogP contribution in [0.5, 0.6) is 17.2 Å². The molecule has 1 atom stereocenters. The second-order valence-electron chi connectivity index (χ2n) is 6.07. The number of benzene rings is 1. The SMILES string of the molecule is O=C(Oc1ccc2c(c1)OCO2)C1CCCN(S(=O)(=O)c2cccs2)C1. The van der Waals surface area contributed by atoms with Gasteiger partial charge in [-0.15, -0.1) is 11.3 Å². The second-order valence-corrected chi connectivity index (χ2v) is 9.18. The number of nitrogens with zero attached hydrogens (tertiary/aromatic N) is 1. The molecule has 2 aliphatic rings. The van der Waals surface area contributed by atoms with Crippen LogP contribution in [0.4, 0.5) is 0 Å². The monoisotopic (exact) mass is 395 g/mol. The zero-order valence-electron chi connectivity index (χ0n) is 13.8. The maximum atomic E-state index is 12.7. The first kappa shape index (κ1) is 17.3. The van der Waals surface area contributed by atoms with Gasteiger partial charge < -0.3 is 14.2 Å². The van der Waals surface area contributed by atoms with Gasteiger partial charge in [0, 0.05) is 19.2 Å². The highest BCUT2D eigenvalue weighted by Crippen LogP contribution is 2.35. The van der Waals surface area contributed by atoms with E-state index in [0.717, 1.165) is 0 Å². The summed E-state index contributed by atoms with van der Waals surface area (Å²) in [4.78, 5) is 12.5. The molecular weight excluding hydrogens is 378 g/mol. The molecule has 1 aromatic heterocycles. The van der Waals surface area contributed by atoms with Crippen LogP contribution >= 0.6 is 11.3 Å². The van der Waals surface area contributed by atoms with Gasteiger partial charge in [0.05, 0.1) is 5.92 Å². The highest BCUT2D eigenvalue weighted by atomic mass is 32.2. The highest BCUT2D eigenvalue weighted by Gasteiger charge is 2.34. The molecule has 0 radical (unpaired) electrons. The third-order valence-corrected chi connectivity index (χ3v) is 7.61. The number of sulfonamides is 1. The number of carbonyl (C=O) groups is 1. The van der Waals surface area contributed by atoms with Gasteiger partial charge in [0.25, 0.3) is 10.0 Å². The minimum absolute atomic E-state index is 0.129. The van der Waals surface area contributed by atoms with Gasteiger partial charge in [0.2, 0.25) is 6.79 Å². The van der Waals surface area contributed by atoms with E-state index in [4.69, 9.17) is 14.2 Å². The van der Waals surface area contributed by atoms with E-state index >= 15 is 0 Å². The molecular formula is C17H17NO6S2. The van der Waals surface area contributed by atoms with E-state index in [9.17, 15) is 13.2 Å². The fraction of sp³-hybridized carbons (Fsp3) is 0.353. The van der Waals surface area contributed by atoms with Crippen molar-refractivity contribution in [2.75, 3.05) is 19.9 Å². The van der Waals surface area contributed by atoms with Crippen molar-refractivity contribution < 1.29 is 27.4 Å². The van der Waals surface area contributed by atoms with Crippen molar-refractivity contribution in [3.8, 4) is 17.2 Å². The Kier molecular flexibility index (Phi) is 4.60. The lowest BCUT2D eigenvalue weighted by Crippen LogP contribution is -2.43. The van der Waals surface area contributed by atoms with E-state index < -0.39 is 21.9 Å². The fourth-order valence-electron chi connectivity index (χ4n) is 3.03. The number of hydrogen-bond acceptors (Lipinski definition) is 7. The number of piperidine rings is 1. The van der Waals surface area contributed by atoms with E-state index in [1.807, 2.05) is 0 Å². The molecule has 0 N–H and O–H groups in total. The van der Waals surface area contributed by atoms with E-state index in [1.165, 1.54) is 15.6 Å². The Bertz CT molecular complexity index is 909. The smallest absolute Gasteiger partial charge is 0.315 e. The van der Waals surface area contributed by atoms with Crippen LogP contribution < -0.4 is 14.2 Å². The average molecular weight is 395 g/mol. The van der Waals surface area contributed by atoms with Crippen LogP contribution in [0.1, 0.15) is 12.8 Å². The standard InChI is InChI=1S/C17H17NO6S2/c19-17(24-13-5-6-14-15(9-13)23-11-22-14)12-3-1-7-18(10-12)26(20,21)16-4-2-8-25-16/h2,4-6,8-9,12H,1,3,7,10-11H2. The molecule has 1 saturated heterocycles. The average Bonchev–Trinajstić information content (AvgIpc) is 3.33. The zero-order chi connectivity index (χ0) is 18.1. The predicted octanol–water partition coefficient (Wildman–Crippen LogP) is 2.48. The second kappa shape index (κ2) is 6.90. The molecule has 3 heterocycles. The molecule has 0 bridgehead atoms. The Balaban J connectivity index is 1.45. The molecule has 138 valence electrons. The molecule has 2 aliphatic heterocycles. The number of rotatable bonds is 4. The predicted molar refractivity (Wildman–Crippen MR) is 94.0 cm³/mol. The summed E-state index contributed by atoms with van der Waals surface area (Å²) in [7, 11) is -3.56. The molecule has 9 heteroatoms. The maximum absolute atomic E-state index is 12.7. The molecule has 2 aromatic rings. The summed E-state index contributed by atoms with van der Waals surface area (Å²) in [6.45, 7) is 0.683. The third kappa shape index (κ3) is 3.29. The Labute approximate surface area is 155 Å².